The van der Waals surface area contributed by atoms with Crippen molar-refractivity contribution in [1.29, 1.82) is 0 Å². The summed E-state index contributed by atoms with van der Waals surface area (Å²) in [4.78, 5) is 37.7. The Bertz CT molecular complexity index is 733. The van der Waals surface area contributed by atoms with Crippen molar-refractivity contribution in [2.45, 2.75) is 18.4 Å². The molecule has 110 valence electrons. The molecule has 1 aliphatic heterocycles. The summed E-state index contributed by atoms with van der Waals surface area (Å²) in [6.07, 6.45) is 0. The number of amides is 2. The summed E-state index contributed by atoms with van der Waals surface area (Å²) in [5.41, 5.74) is 1.76. The Morgan fingerprint density at radius 1 is 0.955 bits per heavy atom. The lowest BCUT2D eigenvalue weighted by Crippen LogP contribution is -2.29. The Morgan fingerprint density at radius 3 is 2.00 bits per heavy atom. The minimum Gasteiger partial charge on any atom is -0.287 e. The highest BCUT2D eigenvalue weighted by molar-refractivity contribution is 8.13. The zero-order valence-corrected chi connectivity index (χ0v) is 12.7. The Kier molecular flexibility index (Phi) is 3.81. The maximum absolute atomic E-state index is 12.3. The van der Waals surface area contributed by atoms with Crippen LogP contribution in [0.3, 0.4) is 0 Å². The highest BCUT2D eigenvalue weighted by Crippen LogP contribution is 2.25. The van der Waals surface area contributed by atoms with Crippen molar-refractivity contribution < 1.29 is 14.4 Å². The Hall–Kier alpha value is -2.40. The average Bonchev–Trinajstić information content (AvgIpc) is 2.74. The molecule has 0 saturated heterocycles. The first kappa shape index (κ1) is 14.5. The van der Waals surface area contributed by atoms with Crippen LogP contribution in [0.4, 0.5) is 0 Å². The molecule has 0 atom stereocenters. The van der Waals surface area contributed by atoms with Gasteiger partial charge in [0.05, 0.1) is 17.7 Å². The second kappa shape index (κ2) is 5.77. The summed E-state index contributed by atoms with van der Waals surface area (Å²) in [5.74, 6) is -0.523. The molecule has 0 unspecified atom stereocenters. The van der Waals surface area contributed by atoms with Gasteiger partial charge in [-0.05, 0) is 29.8 Å². The van der Waals surface area contributed by atoms with Crippen molar-refractivity contribution in [3.05, 3.63) is 65.2 Å². The van der Waals surface area contributed by atoms with Gasteiger partial charge in [0.15, 0.2) is 5.12 Å². The molecule has 5 heteroatoms. The van der Waals surface area contributed by atoms with Gasteiger partial charge in [-0.3, -0.25) is 19.3 Å². The van der Waals surface area contributed by atoms with Gasteiger partial charge < -0.3 is 0 Å². The summed E-state index contributed by atoms with van der Waals surface area (Å²) in [7, 11) is 0. The van der Waals surface area contributed by atoms with Crippen LogP contribution in [0, 0.1) is 0 Å². The van der Waals surface area contributed by atoms with Gasteiger partial charge in [-0.1, -0.05) is 36.0 Å². The van der Waals surface area contributed by atoms with E-state index < -0.39 is 0 Å². The molecular weight excluding hydrogens is 298 g/mol. The van der Waals surface area contributed by atoms with Crippen LogP contribution in [0.25, 0.3) is 0 Å². The summed E-state index contributed by atoms with van der Waals surface area (Å²) < 4.78 is 0. The van der Waals surface area contributed by atoms with Crippen molar-refractivity contribution in [1.82, 2.24) is 4.90 Å². The Balaban J connectivity index is 1.78. The second-order valence-electron chi connectivity index (χ2n) is 4.98. The number of fused-ring (bicyclic) bond motifs is 1. The smallest absolute Gasteiger partial charge is 0.261 e. The van der Waals surface area contributed by atoms with Crippen LogP contribution in [-0.4, -0.2) is 21.8 Å². The van der Waals surface area contributed by atoms with Crippen LogP contribution in [-0.2, 0) is 11.3 Å². The third-order valence-electron chi connectivity index (χ3n) is 3.40. The second-order valence-corrected chi connectivity index (χ2v) is 6.23. The number of imide groups is 1. The molecular formula is C17H13NO3S. The molecule has 2 aromatic rings. The number of rotatable bonds is 3. The van der Waals surface area contributed by atoms with Gasteiger partial charge in [-0.15, -0.1) is 0 Å². The van der Waals surface area contributed by atoms with Crippen LogP contribution in [0.1, 0.15) is 33.2 Å². The number of benzene rings is 2. The lowest BCUT2D eigenvalue weighted by atomic mass is 10.1. The van der Waals surface area contributed by atoms with Gasteiger partial charge in [0.2, 0.25) is 0 Å². The summed E-state index contributed by atoms with van der Waals surface area (Å²) in [5, 5.41) is 0.0214. The van der Waals surface area contributed by atoms with Crippen LogP contribution in [0.5, 0.6) is 0 Å². The van der Waals surface area contributed by atoms with Gasteiger partial charge >= 0.3 is 0 Å². The van der Waals surface area contributed by atoms with E-state index >= 15 is 0 Å². The third kappa shape index (κ3) is 2.67. The van der Waals surface area contributed by atoms with E-state index in [1.165, 1.54) is 11.8 Å². The lowest BCUT2D eigenvalue weighted by Gasteiger charge is -2.14. The quantitative estimate of drug-likeness (QED) is 0.645. The molecule has 2 aromatic carbocycles. The first-order chi connectivity index (χ1) is 10.6. The van der Waals surface area contributed by atoms with Gasteiger partial charge in [0.25, 0.3) is 11.8 Å². The maximum Gasteiger partial charge on any atom is 0.261 e. The molecule has 1 aliphatic rings. The zero-order chi connectivity index (χ0) is 15.7. The fourth-order valence-corrected chi connectivity index (χ4v) is 3.00. The van der Waals surface area contributed by atoms with Crippen molar-refractivity contribution in [2.24, 2.45) is 0 Å². The van der Waals surface area contributed by atoms with Crippen LogP contribution in [0.2, 0.25) is 0 Å². The zero-order valence-electron chi connectivity index (χ0n) is 11.9. The molecule has 0 aliphatic carbocycles. The molecule has 22 heavy (non-hydrogen) atoms. The van der Waals surface area contributed by atoms with Crippen molar-refractivity contribution in [2.75, 3.05) is 0 Å². The number of carbonyl (C=O) groups is 3. The van der Waals surface area contributed by atoms with E-state index in [-0.39, 0.29) is 23.5 Å². The van der Waals surface area contributed by atoms with E-state index in [2.05, 4.69) is 0 Å². The first-order valence-corrected chi connectivity index (χ1v) is 7.60. The van der Waals surface area contributed by atoms with E-state index in [1.807, 2.05) is 24.3 Å². The SMILES string of the molecule is CC(=O)Sc1ccc(CN2C(=O)c3ccccc3C2=O)cc1. The molecule has 0 radical (unpaired) electrons. The van der Waals surface area contributed by atoms with E-state index in [4.69, 9.17) is 0 Å². The van der Waals surface area contributed by atoms with Gasteiger partial charge in [0.1, 0.15) is 0 Å². The minimum atomic E-state index is -0.261. The number of carbonyl (C=O) groups excluding carboxylic acids is 3. The molecule has 0 fully saturated rings. The number of nitrogens with zero attached hydrogens (tertiary/aromatic N) is 1. The van der Waals surface area contributed by atoms with Crippen molar-refractivity contribution in [3.8, 4) is 0 Å². The fraction of sp³-hybridized carbons (Fsp3) is 0.118. The topological polar surface area (TPSA) is 54.5 Å². The lowest BCUT2D eigenvalue weighted by molar-refractivity contribution is -0.109. The Morgan fingerprint density at radius 2 is 1.50 bits per heavy atom. The number of hydrogen-bond acceptors (Lipinski definition) is 4. The highest BCUT2D eigenvalue weighted by atomic mass is 32.2. The van der Waals surface area contributed by atoms with Gasteiger partial charge in [0, 0.05) is 11.8 Å². The van der Waals surface area contributed by atoms with Crippen LogP contribution >= 0.6 is 11.8 Å². The molecule has 0 bridgehead atoms. The van der Waals surface area contributed by atoms with E-state index in [1.54, 1.807) is 24.3 Å². The molecule has 1 heterocycles. The molecule has 0 N–H and O–H groups in total. The standard InChI is InChI=1S/C17H13NO3S/c1-11(19)22-13-8-6-12(7-9-13)10-18-16(20)14-4-2-3-5-15(14)17(18)21/h2-9H,10H2,1H3. The predicted octanol–water partition coefficient (Wildman–Crippen LogP) is 3.12. The molecule has 0 saturated carbocycles. The molecule has 4 nitrogen and oxygen atoms in total. The molecule has 0 spiro atoms. The normalized spacial score (nSPS) is 13.4. The molecule has 2 amide bonds. The summed E-state index contributed by atoms with van der Waals surface area (Å²) >= 11 is 1.15. The maximum atomic E-state index is 12.3. The Labute approximate surface area is 132 Å². The van der Waals surface area contributed by atoms with E-state index in [0.29, 0.717) is 11.1 Å². The monoisotopic (exact) mass is 311 g/mol. The van der Waals surface area contributed by atoms with Crippen molar-refractivity contribution >= 4 is 28.7 Å². The highest BCUT2D eigenvalue weighted by Gasteiger charge is 2.34. The molecule has 0 aromatic heterocycles. The van der Waals surface area contributed by atoms with E-state index in [9.17, 15) is 14.4 Å². The van der Waals surface area contributed by atoms with Crippen LogP contribution < -0.4 is 0 Å². The predicted molar refractivity (Wildman–Crippen MR) is 83.6 cm³/mol. The summed E-state index contributed by atoms with van der Waals surface area (Å²) in [6.45, 7) is 1.74. The minimum absolute atomic E-state index is 0.0214. The first-order valence-electron chi connectivity index (χ1n) is 6.79. The van der Waals surface area contributed by atoms with Crippen molar-refractivity contribution in [3.63, 3.8) is 0 Å². The number of thioether (sulfide) groups is 1. The molecule has 3 rings (SSSR count). The summed E-state index contributed by atoms with van der Waals surface area (Å²) in [6, 6.07) is 14.1. The van der Waals surface area contributed by atoms with Gasteiger partial charge in [-0.25, -0.2) is 0 Å². The third-order valence-corrected chi connectivity index (χ3v) is 4.20. The van der Waals surface area contributed by atoms with Gasteiger partial charge in [-0.2, -0.15) is 0 Å². The average molecular weight is 311 g/mol. The van der Waals surface area contributed by atoms with Crippen LogP contribution in [0.15, 0.2) is 53.4 Å². The fourth-order valence-electron chi connectivity index (χ4n) is 2.39. The van der Waals surface area contributed by atoms with E-state index in [0.717, 1.165) is 22.2 Å². The largest absolute Gasteiger partial charge is 0.287 e. The number of hydrogen-bond donors (Lipinski definition) is 0.